The summed E-state index contributed by atoms with van der Waals surface area (Å²) in [6, 6.07) is 17.8. The molecule has 3 aromatic rings. The molecule has 0 aromatic heterocycles. The monoisotopic (exact) mass is 433 g/mol. The highest BCUT2D eigenvalue weighted by Gasteiger charge is 2.47. The summed E-state index contributed by atoms with van der Waals surface area (Å²) in [7, 11) is 2.97. The third kappa shape index (κ3) is 3.58. The summed E-state index contributed by atoms with van der Waals surface area (Å²) in [5.41, 5.74) is 1.16. The van der Waals surface area contributed by atoms with Crippen molar-refractivity contribution in [3.05, 3.63) is 95.3 Å². The average molecular weight is 433 g/mol. The van der Waals surface area contributed by atoms with Crippen LogP contribution < -0.4 is 14.4 Å². The van der Waals surface area contributed by atoms with Gasteiger partial charge in [0.25, 0.3) is 11.7 Å². The lowest BCUT2D eigenvalue weighted by atomic mass is 9.94. The van der Waals surface area contributed by atoms with Gasteiger partial charge < -0.3 is 14.6 Å². The van der Waals surface area contributed by atoms with E-state index in [9.17, 15) is 19.1 Å². The molecule has 1 fully saturated rings. The van der Waals surface area contributed by atoms with Crippen LogP contribution in [0.3, 0.4) is 0 Å². The first-order valence-electron chi connectivity index (χ1n) is 9.80. The van der Waals surface area contributed by atoms with Crippen LogP contribution >= 0.6 is 0 Å². The molecule has 1 N–H and O–H groups in total. The van der Waals surface area contributed by atoms with Crippen molar-refractivity contribution < 1.29 is 28.6 Å². The van der Waals surface area contributed by atoms with E-state index in [2.05, 4.69) is 0 Å². The average Bonchev–Trinajstić information content (AvgIpc) is 3.09. The number of ketones is 1. The van der Waals surface area contributed by atoms with E-state index < -0.39 is 23.5 Å². The molecule has 1 aliphatic rings. The summed E-state index contributed by atoms with van der Waals surface area (Å²) in [5, 5.41) is 11.0. The molecule has 0 saturated carbocycles. The van der Waals surface area contributed by atoms with E-state index in [4.69, 9.17) is 9.47 Å². The number of hydrogen-bond donors (Lipinski definition) is 1. The molecule has 0 aliphatic carbocycles. The number of carbonyl (C=O) groups excluding carboxylic acids is 2. The predicted molar refractivity (Wildman–Crippen MR) is 117 cm³/mol. The number of aliphatic hydroxyl groups excluding tert-OH is 1. The number of carbonyl (C=O) groups is 2. The van der Waals surface area contributed by atoms with Crippen molar-refractivity contribution >= 4 is 23.1 Å². The van der Waals surface area contributed by atoms with Crippen molar-refractivity contribution in [1.82, 2.24) is 0 Å². The molecular formula is C25H20FNO5. The Morgan fingerprint density at radius 3 is 2.19 bits per heavy atom. The molecule has 7 heteroatoms. The van der Waals surface area contributed by atoms with Gasteiger partial charge >= 0.3 is 0 Å². The Kier molecular flexibility index (Phi) is 5.64. The molecule has 1 saturated heterocycles. The van der Waals surface area contributed by atoms with Crippen molar-refractivity contribution in [2.45, 2.75) is 6.04 Å². The molecule has 1 atom stereocenters. The van der Waals surface area contributed by atoms with Crippen molar-refractivity contribution in [3.63, 3.8) is 0 Å². The first kappa shape index (κ1) is 21.1. The Labute approximate surface area is 184 Å². The summed E-state index contributed by atoms with van der Waals surface area (Å²) in [5.74, 6) is -1.57. The number of hydrogen-bond acceptors (Lipinski definition) is 5. The van der Waals surface area contributed by atoms with Crippen LogP contribution in [0.1, 0.15) is 17.2 Å². The zero-order valence-electron chi connectivity index (χ0n) is 17.4. The number of ether oxygens (including phenoxy) is 2. The van der Waals surface area contributed by atoms with Crippen molar-refractivity contribution in [3.8, 4) is 11.5 Å². The third-order valence-electron chi connectivity index (χ3n) is 5.32. The number of amides is 1. The molecule has 0 bridgehead atoms. The second kappa shape index (κ2) is 8.55. The van der Waals surface area contributed by atoms with E-state index in [0.717, 1.165) is 0 Å². The number of halogens is 1. The van der Waals surface area contributed by atoms with Crippen LogP contribution in [0.4, 0.5) is 10.1 Å². The van der Waals surface area contributed by atoms with Crippen LogP contribution in [-0.2, 0) is 9.59 Å². The maximum absolute atomic E-state index is 13.5. The van der Waals surface area contributed by atoms with Crippen LogP contribution in [0.15, 0.2) is 78.4 Å². The first-order valence-corrected chi connectivity index (χ1v) is 9.80. The fourth-order valence-electron chi connectivity index (χ4n) is 3.79. The van der Waals surface area contributed by atoms with E-state index >= 15 is 0 Å². The molecule has 1 heterocycles. The summed E-state index contributed by atoms with van der Waals surface area (Å²) in [6.07, 6.45) is 0. The summed E-state index contributed by atoms with van der Waals surface area (Å²) < 4.78 is 24.2. The van der Waals surface area contributed by atoms with Crippen LogP contribution in [-0.4, -0.2) is 31.0 Å². The Bertz CT molecular complexity index is 1200. The maximum Gasteiger partial charge on any atom is 0.300 e. The highest BCUT2D eigenvalue weighted by molar-refractivity contribution is 6.51. The molecule has 1 aliphatic heterocycles. The van der Waals surface area contributed by atoms with Gasteiger partial charge in [0.05, 0.1) is 25.8 Å². The number of rotatable bonds is 5. The second-order valence-electron chi connectivity index (χ2n) is 7.13. The quantitative estimate of drug-likeness (QED) is 0.365. The zero-order chi connectivity index (χ0) is 22.8. The minimum Gasteiger partial charge on any atom is -0.507 e. The van der Waals surface area contributed by atoms with Gasteiger partial charge in [-0.05, 0) is 42.0 Å². The molecule has 162 valence electrons. The van der Waals surface area contributed by atoms with Gasteiger partial charge in [-0.1, -0.05) is 36.4 Å². The lowest BCUT2D eigenvalue weighted by Gasteiger charge is -2.26. The standard InChI is InChI=1S/C25H20FNO5/c1-31-19-13-8-16(14-20(19)32-2)22-21(23(28)15-6-4-3-5-7-15)24(29)25(30)27(22)18-11-9-17(26)10-12-18/h3-14,22,28H,1-2H3. The van der Waals surface area contributed by atoms with E-state index in [1.54, 1.807) is 48.5 Å². The SMILES string of the molecule is COc1ccc(C2C(=C(O)c3ccccc3)C(=O)C(=O)N2c2ccc(F)cc2)cc1OC. The van der Waals surface area contributed by atoms with Crippen LogP contribution in [0.5, 0.6) is 11.5 Å². The lowest BCUT2D eigenvalue weighted by Crippen LogP contribution is -2.29. The van der Waals surface area contributed by atoms with Gasteiger partial charge in [0.15, 0.2) is 11.5 Å². The number of aliphatic hydroxyl groups is 1. The molecule has 32 heavy (non-hydrogen) atoms. The minimum absolute atomic E-state index is 0.0715. The fraction of sp³-hybridized carbons (Fsp3) is 0.120. The Hall–Kier alpha value is -4.13. The molecule has 1 unspecified atom stereocenters. The van der Waals surface area contributed by atoms with Gasteiger partial charge in [-0.2, -0.15) is 0 Å². The van der Waals surface area contributed by atoms with Gasteiger partial charge in [0.1, 0.15) is 11.6 Å². The maximum atomic E-state index is 13.5. The normalized spacial score (nSPS) is 17.5. The number of Topliss-reactive ketones (excluding diaryl/α,β-unsaturated/α-hetero) is 1. The molecule has 6 nitrogen and oxygen atoms in total. The van der Waals surface area contributed by atoms with E-state index in [1.807, 2.05) is 0 Å². The topological polar surface area (TPSA) is 76.1 Å². The fourth-order valence-corrected chi connectivity index (χ4v) is 3.79. The van der Waals surface area contributed by atoms with Gasteiger partial charge in [-0.15, -0.1) is 0 Å². The molecule has 0 radical (unpaired) electrons. The number of methoxy groups -OCH3 is 2. The highest BCUT2D eigenvalue weighted by Crippen LogP contribution is 2.44. The van der Waals surface area contributed by atoms with Gasteiger partial charge in [0.2, 0.25) is 0 Å². The Morgan fingerprint density at radius 2 is 1.56 bits per heavy atom. The van der Waals surface area contributed by atoms with Crippen molar-refractivity contribution in [2.24, 2.45) is 0 Å². The predicted octanol–water partition coefficient (Wildman–Crippen LogP) is 4.47. The molecule has 1 amide bonds. The largest absolute Gasteiger partial charge is 0.507 e. The van der Waals surface area contributed by atoms with Crippen molar-refractivity contribution in [2.75, 3.05) is 19.1 Å². The smallest absolute Gasteiger partial charge is 0.300 e. The van der Waals surface area contributed by atoms with Crippen molar-refractivity contribution in [1.29, 1.82) is 0 Å². The number of anilines is 1. The molecule has 3 aromatic carbocycles. The summed E-state index contributed by atoms with van der Waals surface area (Å²) in [6.45, 7) is 0. The van der Waals surface area contributed by atoms with Gasteiger partial charge in [-0.25, -0.2) is 4.39 Å². The second-order valence-corrected chi connectivity index (χ2v) is 7.13. The van der Waals surface area contributed by atoms with E-state index in [1.165, 1.54) is 43.4 Å². The van der Waals surface area contributed by atoms with Gasteiger partial charge in [0, 0.05) is 11.3 Å². The van der Waals surface area contributed by atoms with Crippen LogP contribution in [0.2, 0.25) is 0 Å². The molecule has 4 rings (SSSR count). The third-order valence-corrected chi connectivity index (χ3v) is 5.32. The minimum atomic E-state index is -0.958. The van der Waals surface area contributed by atoms with E-state index in [0.29, 0.717) is 28.3 Å². The number of benzene rings is 3. The lowest BCUT2D eigenvalue weighted by molar-refractivity contribution is -0.132. The summed E-state index contributed by atoms with van der Waals surface area (Å²) >= 11 is 0. The van der Waals surface area contributed by atoms with E-state index in [-0.39, 0.29) is 11.3 Å². The first-order chi connectivity index (χ1) is 15.5. The van der Waals surface area contributed by atoms with Crippen LogP contribution in [0, 0.1) is 5.82 Å². The molecular weight excluding hydrogens is 413 g/mol. The Morgan fingerprint density at radius 1 is 0.906 bits per heavy atom. The Balaban J connectivity index is 1.96. The van der Waals surface area contributed by atoms with Crippen LogP contribution in [0.25, 0.3) is 5.76 Å². The molecule has 0 spiro atoms. The number of nitrogens with zero attached hydrogens (tertiary/aromatic N) is 1. The highest BCUT2D eigenvalue weighted by atomic mass is 19.1. The van der Waals surface area contributed by atoms with Gasteiger partial charge in [-0.3, -0.25) is 14.5 Å². The zero-order valence-corrected chi connectivity index (χ0v) is 17.4. The summed E-state index contributed by atoms with van der Waals surface area (Å²) in [4.78, 5) is 27.4.